The Hall–Kier alpha value is -2.54. The average Bonchev–Trinajstić information content (AvgIpc) is 3.06. The van der Waals surface area contributed by atoms with Crippen molar-refractivity contribution in [2.45, 2.75) is 25.3 Å². The van der Waals surface area contributed by atoms with Gasteiger partial charge in [-0.2, -0.15) is 11.3 Å². The maximum Gasteiger partial charge on any atom is 0.228 e. The number of benzene rings is 1. The van der Waals surface area contributed by atoms with Gasteiger partial charge in [0.15, 0.2) is 5.82 Å². The van der Waals surface area contributed by atoms with Crippen LogP contribution in [-0.2, 0) is 11.2 Å². The van der Waals surface area contributed by atoms with Gasteiger partial charge in [-0.15, -0.1) is 5.10 Å². The van der Waals surface area contributed by atoms with Gasteiger partial charge in [0.2, 0.25) is 5.91 Å². The fraction of sp³-hybridized carbons (Fsp3) is 0.250. The highest BCUT2D eigenvalue weighted by molar-refractivity contribution is 7.08. The smallest absolute Gasteiger partial charge is 0.228 e. The number of tetrazole rings is 1. The summed E-state index contributed by atoms with van der Waals surface area (Å²) in [6.07, 6.45) is 2.62. The summed E-state index contributed by atoms with van der Waals surface area (Å²) in [5, 5.41) is 18.9. The average molecular weight is 325 g/mol. The SMILES string of the molecule is O=C(Cc1ccsc1)Nc1cccc(-c2nnnn2C2CC2)c1. The summed E-state index contributed by atoms with van der Waals surface area (Å²) in [6, 6.07) is 10.0. The first kappa shape index (κ1) is 14.1. The zero-order chi connectivity index (χ0) is 15.6. The molecule has 116 valence electrons. The third-order valence-electron chi connectivity index (χ3n) is 3.73. The molecule has 2 aromatic heterocycles. The first-order chi connectivity index (χ1) is 11.3. The maximum absolute atomic E-state index is 12.1. The Morgan fingerprint density at radius 1 is 1.35 bits per heavy atom. The zero-order valence-electron chi connectivity index (χ0n) is 12.3. The Kier molecular flexibility index (Phi) is 3.63. The number of amides is 1. The molecule has 0 bridgehead atoms. The molecule has 0 unspecified atom stereocenters. The first-order valence-corrected chi connectivity index (χ1v) is 8.43. The van der Waals surface area contributed by atoms with Crippen LogP contribution in [0.2, 0.25) is 0 Å². The summed E-state index contributed by atoms with van der Waals surface area (Å²) in [7, 11) is 0. The van der Waals surface area contributed by atoms with E-state index in [2.05, 4.69) is 20.8 Å². The van der Waals surface area contributed by atoms with Crippen LogP contribution < -0.4 is 5.32 Å². The normalized spacial score (nSPS) is 13.9. The number of carbonyl (C=O) groups excluding carboxylic acids is 1. The molecular formula is C16H15N5OS. The molecule has 3 aromatic rings. The fourth-order valence-corrected chi connectivity index (χ4v) is 3.14. The summed E-state index contributed by atoms with van der Waals surface area (Å²) in [6.45, 7) is 0. The van der Waals surface area contributed by atoms with E-state index in [-0.39, 0.29) is 5.91 Å². The molecule has 1 aliphatic rings. The summed E-state index contributed by atoms with van der Waals surface area (Å²) in [5.41, 5.74) is 2.70. The van der Waals surface area contributed by atoms with Crippen molar-refractivity contribution in [3.63, 3.8) is 0 Å². The number of aromatic nitrogens is 4. The lowest BCUT2D eigenvalue weighted by Crippen LogP contribution is -2.14. The van der Waals surface area contributed by atoms with Gasteiger partial charge in [0.05, 0.1) is 12.5 Å². The third kappa shape index (κ3) is 3.14. The zero-order valence-corrected chi connectivity index (χ0v) is 13.2. The monoisotopic (exact) mass is 325 g/mol. The molecule has 0 saturated heterocycles. The van der Waals surface area contributed by atoms with Crippen molar-refractivity contribution < 1.29 is 4.79 Å². The molecule has 1 fully saturated rings. The van der Waals surface area contributed by atoms with E-state index in [0.717, 1.165) is 35.5 Å². The fourth-order valence-electron chi connectivity index (χ4n) is 2.47. The van der Waals surface area contributed by atoms with Crippen LogP contribution >= 0.6 is 11.3 Å². The number of hydrogen-bond acceptors (Lipinski definition) is 5. The lowest BCUT2D eigenvalue weighted by atomic mass is 10.1. The van der Waals surface area contributed by atoms with Crippen LogP contribution in [-0.4, -0.2) is 26.1 Å². The molecule has 1 aliphatic carbocycles. The van der Waals surface area contributed by atoms with Crippen molar-refractivity contribution in [3.05, 3.63) is 46.7 Å². The minimum absolute atomic E-state index is 0.0256. The Bertz CT molecular complexity index is 823. The lowest BCUT2D eigenvalue weighted by Gasteiger charge is -2.07. The second kappa shape index (κ2) is 5.92. The highest BCUT2D eigenvalue weighted by Crippen LogP contribution is 2.36. The van der Waals surface area contributed by atoms with Crippen LogP contribution in [0.5, 0.6) is 0 Å². The number of hydrogen-bond donors (Lipinski definition) is 1. The van der Waals surface area contributed by atoms with E-state index in [1.54, 1.807) is 11.3 Å². The van der Waals surface area contributed by atoms with E-state index >= 15 is 0 Å². The van der Waals surface area contributed by atoms with Gasteiger partial charge in [-0.3, -0.25) is 4.79 Å². The molecule has 1 saturated carbocycles. The number of rotatable bonds is 5. The molecule has 1 amide bonds. The molecular weight excluding hydrogens is 310 g/mol. The molecule has 23 heavy (non-hydrogen) atoms. The van der Waals surface area contributed by atoms with Crippen LogP contribution in [0.1, 0.15) is 24.4 Å². The van der Waals surface area contributed by atoms with Crippen molar-refractivity contribution in [1.29, 1.82) is 0 Å². The molecule has 1 N–H and O–H groups in total. The molecule has 4 rings (SSSR count). The molecule has 0 spiro atoms. The van der Waals surface area contributed by atoms with Gasteiger partial charge in [0.1, 0.15) is 0 Å². The topological polar surface area (TPSA) is 72.7 Å². The molecule has 0 radical (unpaired) electrons. The van der Waals surface area contributed by atoms with E-state index in [1.807, 2.05) is 45.8 Å². The number of nitrogens with zero attached hydrogens (tertiary/aromatic N) is 4. The van der Waals surface area contributed by atoms with E-state index < -0.39 is 0 Å². The van der Waals surface area contributed by atoms with Gasteiger partial charge in [0, 0.05) is 11.3 Å². The predicted molar refractivity (Wildman–Crippen MR) is 88.2 cm³/mol. The van der Waals surface area contributed by atoms with Gasteiger partial charge in [-0.1, -0.05) is 12.1 Å². The van der Waals surface area contributed by atoms with E-state index in [0.29, 0.717) is 12.5 Å². The van der Waals surface area contributed by atoms with Crippen LogP contribution in [0, 0.1) is 0 Å². The minimum atomic E-state index is -0.0256. The number of thiophene rings is 1. The van der Waals surface area contributed by atoms with Gasteiger partial charge >= 0.3 is 0 Å². The van der Waals surface area contributed by atoms with Crippen molar-refractivity contribution in [2.24, 2.45) is 0 Å². The first-order valence-electron chi connectivity index (χ1n) is 7.49. The highest BCUT2D eigenvalue weighted by Gasteiger charge is 2.28. The van der Waals surface area contributed by atoms with Crippen molar-refractivity contribution in [1.82, 2.24) is 20.2 Å². The van der Waals surface area contributed by atoms with Gasteiger partial charge in [-0.25, -0.2) is 4.68 Å². The Morgan fingerprint density at radius 3 is 3.04 bits per heavy atom. The quantitative estimate of drug-likeness (QED) is 0.783. The minimum Gasteiger partial charge on any atom is -0.326 e. The predicted octanol–water partition coefficient (Wildman–Crippen LogP) is 2.92. The van der Waals surface area contributed by atoms with Crippen LogP contribution in [0.15, 0.2) is 41.1 Å². The van der Waals surface area contributed by atoms with Crippen LogP contribution in [0.3, 0.4) is 0 Å². The molecule has 1 aromatic carbocycles. The summed E-state index contributed by atoms with van der Waals surface area (Å²) in [5.74, 6) is 0.726. The van der Waals surface area contributed by atoms with Gasteiger partial charge < -0.3 is 5.32 Å². The number of anilines is 1. The third-order valence-corrected chi connectivity index (χ3v) is 4.47. The van der Waals surface area contributed by atoms with E-state index in [9.17, 15) is 4.79 Å². The summed E-state index contributed by atoms with van der Waals surface area (Å²) >= 11 is 1.59. The molecule has 6 nitrogen and oxygen atoms in total. The standard InChI is InChI=1S/C16H15N5OS/c22-15(8-11-6-7-23-10-11)17-13-3-1-2-12(9-13)16-18-19-20-21(16)14-4-5-14/h1-3,6-7,9-10,14H,4-5,8H2,(H,17,22). The molecule has 0 atom stereocenters. The summed E-state index contributed by atoms with van der Waals surface area (Å²) < 4.78 is 1.87. The van der Waals surface area contributed by atoms with Crippen LogP contribution in [0.4, 0.5) is 5.69 Å². The van der Waals surface area contributed by atoms with Crippen molar-refractivity contribution in [3.8, 4) is 11.4 Å². The summed E-state index contributed by atoms with van der Waals surface area (Å²) in [4.78, 5) is 12.1. The van der Waals surface area contributed by atoms with Crippen LogP contribution in [0.25, 0.3) is 11.4 Å². The second-order valence-corrected chi connectivity index (χ2v) is 6.40. The van der Waals surface area contributed by atoms with Gasteiger partial charge in [0.25, 0.3) is 0 Å². The van der Waals surface area contributed by atoms with E-state index in [1.165, 1.54) is 0 Å². The highest BCUT2D eigenvalue weighted by atomic mass is 32.1. The number of nitrogens with one attached hydrogen (secondary N) is 1. The Morgan fingerprint density at radius 2 is 2.26 bits per heavy atom. The van der Waals surface area contributed by atoms with Gasteiger partial charge in [-0.05, 0) is 57.8 Å². The largest absolute Gasteiger partial charge is 0.326 e. The van der Waals surface area contributed by atoms with Crippen molar-refractivity contribution >= 4 is 22.9 Å². The molecule has 2 heterocycles. The van der Waals surface area contributed by atoms with Crippen molar-refractivity contribution in [2.75, 3.05) is 5.32 Å². The Balaban J connectivity index is 1.52. The Labute approximate surface area is 137 Å². The second-order valence-electron chi connectivity index (χ2n) is 5.62. The maximum atomic E-state index is 12.1. The molecule has 7 heteroatoms. The lowest BCUT2D eigenvalue weighted by molar-refractivity contribution is -0.115. The molecule has 0 aliphatic heterocycles. The van der Waals surface area contributed by atoms with E-state index in [4.69, 9.17) is 0 Å². The number of carbonyl (C=O) groups is 1.